The minimum absolute atomic E-state index is 0.0392. The number of carbonyl (C=O) groups excluding carboxylic acids is 2. The number of benzene rings is 3. The molecule has 0 aliphatic heterocycles. The first-order valence-corrected chi connectivity index (χ1v) is 11.4. The van der Waals surface area contributed by atoms with Gasteiger partial charge in [-0.3, -0.25) is 25.2 Å². The molecule has 8 nitrogen and oxygen atoms in total. The zero-order valence-electron chi connectivity index (χ0n) is 17.0. The number of carbonyl (C=O) groups is 2. The maximum atomic E-state index is 12.7. The van der Waals surface area contributed by atoms with Crippen LogP contribution in [0, 0.1) is 0 Å². The summed E-state index contributed by atoms with van der Waals surface area (Å²) in [6.45, 7) is 2.17. The van der Waals surface area contributed by atoms with E-state index in [0.717, 1.165) is 0 Å². The Labute approximate surface area is 190 Å². The lowest BCUT2D eigenvalue weighted by molar-refractivity contribution is 0.0844. The molecule has 3 aromatic carbocycles. The Morgan fingerprint density at radius 2 is 1.62 bits per heavy atom. The third-order valence-corrected chi connectivity index (χ3v) is 5.82. The second-order valence-corrected chi connectivity index (χ2v) is 8.60. The minimum atomic E-state index is -3.96. The van der Waals surface area contributed by atoms with E-state index >= 15 is 0 Å². The van der Waals surface area contributed by atoms with Crippen LogP contribution in [-0.4, -0.2) is 26.8 Å². The second-order valence-electron chi connectivity index (χ2n) is 6.48. The van der Waals surface area contributed by atoms with E-state index in [1.807, 2.05) is 0 Å². The second kappa shape index (κ2) is 10.2. The molecule has 3 rings (SSSR count). The Balaban J connectivity index is 1.71. The topological polar surface area (TPSA) is 114 Å². The van der Waals surface area contributed by atoms with E-state index in [1.165, 1.54) is 30.3 Å². The molecule has 0 aliphatic rings. The molecule has 0 bridgehead atoms. The lowest BCUT2D eigenvalue weighted by Crippen LogP contribution is -2.41. The highest BCUT2D eigenvalue weighted by molar-refractivity contribution is 7.92. The van der Waals surface area contributed by atoms with Crippen LogP contribution in [0.15, 0.2) is 77.7 Å². The normalized spacial score (nSPS) is 10.8. The van der Waals surface area contributed by atoms with Gasteiger partial charge in [-0.05, 0) is 55.5 Å². The van der Waals surface area contributed by atoms with E-state index in [0.29, 0.717) is 17.4 Å². The van der Waals surface area contributed by atoms with Crippen molar-refractivity contribution in [3.8, 4) is 5.75 Å². The third-order valence-electron chi connectivity index (χ3n) is 4.20. The summed E-state index contributed by atoms with van der Waals surface area (Å²) >= 11 is 5.89. The third kappa shape index (κ3) is 5.77. The lowest BCUT2D eigenvalue weighted by Gasteiger charge is -2.12. The molecule has 32 heavy (non-hydrogen) atoms. The SMILES string of the molecule is CCOc1ccccc1C(=O)NNC(=O)c1cccc(S(=O)(=O)Nc2cccc(Cl)c2)c1. The highest BCUT2D eigenvalue weighted by Crippen LogP contribution is 2.20. The average molecular weight is 474 g/mol. The highest BCUT2D eigenvalue weighted by Gasteiger charge is 2.18. The van der Waals surface area contributed by atoms with Gasteiger partial charge >= 0.3 is 0 Å². The maximum Gasteiger partial charge on any atom is 0.273 e. The molecule has 0 saturated heterocycles. The van der Waals surface area contributed by atoms with Gasteiger partial charge in [-0.2, -0.15) is 0 Å². The lowest BCUT2D eigenvalue weighted by atomic mass is 10.2. The van der Waals surface area contributed by atoms with Crippen LogP contribution in [0.2, 0.25) is 5.02 Å². The molecule has 0 heterocycles. The monoisotopic (exact) mass is 473 g/mol. The van der Waals surface area contributed by atoms with Crippen LogP contribution in [-0.2, 0) is 10.0 Å². The number of hydrogen-bond acceptors (Lipinski definition) is 5. The molecule has 0 aromatic heterocycles. The fourth-order valence-corrected chi connectivity index (χ4v) is 4.04. The zero-order valence-corrected chi connectivity index (χ0v) is 18.5. The highest BCUT2D eigenvalue weighted by atomic mass is 35.5. The molecule has 166 valence electrons. The predicted molar refractivity (Wildman–Crippen MR) is 121 cm³/mol. The first kappa shape index (κ1) is 23.1. The Bertz CT molecular complexity index is 1250. The number of para-hydroxylation sites is 1. The van der Waals surface area contributed by atoms with Crippen molar-refractivity contribution in [2.45, 2.75) is 11.8 Å². The van der Waals surface area contributed by atoms with Gasteiger partial charge in [0.15, 0.2) is 0 Å². The summed E-state index contributed by atoms with van der Waals surface area (Å²) in [7, 11) is -3.96. The Hall–Kier alpha value is -3.56. The van der Waals surface area contributed by atoms with Crippen LogP contribution in [0.25, 0.3) is 0 Å². The fraction of sp³-hybridized carbons (Fsp3) is 0.0909. The number of nitrogens with one attached hydrogen (secondary N) is 3. The molecule has 0 fully saturated rings. The molecule has 3 aromatic rings. The molecule has 0 aliphatic carbocycles. The summed E-state index contributed by atoms with van der Waals surface area (Å²) < 4.78 is 33.1. The predicted octanol–water partition coefficient (Wildman–Crippen LogP) is 3.61. The van der Waals surface area contributed by atoms with Gasteiger partial charge < -0.3 is 4.74 Å². The van der Waals surface area contributed by atoms with Crippen molar-refractivity contribution >= 4 is 39.1 Å². The molecule has 0 atom stereocenters. The number of anilines is 1. The molecule has 10 heteroatoms. The molecule has 0 saturated carbocycles. The van der Waals surface area contributed by atoms with Crippen LogP contribution < -0.4 is 20.3 Å². The van der Waals surface area contributed by atoms with Gasteiger partial charge in [0.1, 0.15) is 5.75 Å². The van der Waals surface area contributed by atoms with Gasteiger partial charge in [-0.15, -0.1) is 0 Å². The Kier molecular flexibility index (Phi) is 7.34. The molecule has 0 spiro atoms. The summed E-state index contributed by atoms with van der Waals surface area (Å²) in [6, 6.07) is 18.2. The van der Waals surface area contributed by atoms with E-state index in [9.17, 15) is 18.0 Å². The van der Waals surface area contributed by atoms with E-state index in [-0.39, 0.29) is 21.7 Å². The summed E-state index contributed by atoms with van der Waals surface area (Å²) in [4.78, 5) is 24.8. The Morgan fingerprint density at radius 3 is 2.38 bits per heavy atom. The fourth-order valence-electron chi connectivity index (χ4n) is 2.76. The van der Waals surface area contributed by atoms with Crippen molar-refractivity contribution in [3.05, 3.63) is 88.9 Å². The van der Waals surface area contributed by atoms with Crippen LogP contribution in [0.3, 0.4) is 0 Å². The van der Waals surface area contributed by atoms with Crippen LogP contribution in [0.4, 0.5) is 5.69 Å². The smallest absolute Gasteiger partial charge is 0.273 e. The molecular formula is C22H20ClN3O5S. The van der Waals surface area contributed by atoms with E-state index in [4.69, 9.17) is 16.3 Å². The van der Waals surface area contributed by atoms with E-state index < -0.39 is 21.8 Å². The number of sulfonamides is 1. The van der Waals surface area contributed by atoms with Gasteiger partial charge in [0, 0.05) is 10.6 Å². The molecular weight excluding hydrogens is 454 g/mol. The molecule has 3 N–H and O–H groups in total. The number of hydrogen-bond donors (Lipinski definition) is 3. The number of halogens is 1. The summed E-state index contributed by atoms with van der Waals surface area (Å²) in [5.74, 6) is -0.886. The van der Waals surface area contributed by atoms with Gasteiger partial charge in [-0.1, -0.05) is 35.9 Å². The Morgan fingerprint density at radius 1 is 0.906 bits per heavy atom. The average Bonchev–Trinajstić information content (AvgIpc) is 2.77. The van der Waals surface area contributed by atoms with Crippen molar-refractivity contribution in [2.75, 3.05) is 11.3 Å². The first-order chi connectivity index (χ1) is 15.3. The molecule has 0 unspecified atom stereocenters. The van der Waals surface area contributed by atoms with Crippen molar-refractivity contribution in [3.63, 3.8) is 0 Å². The van der Waals surface area contributed by atoms with Gasteiger partial charge in [0.2, 0.25) is 0 Å². The number of ether oxygens (including phenoxy) is 1. The summed E-state index contributed by atoms with van der Waals surface area (Å²) in [6.07, 6.45) is 0. The number of amides is 2. The van der Waals surface area contributed by atoms with E-state index in [1.54, 1.807) is 49.4 Å². The first-order valence-electron chi connectivity index (χ1n) is 9.51. The molecule has 0 radical (unpaired) electrons. The number of rotatable bonds is 7. The minimum Gasteiger partial charge on any atom is -0.493 e. The van der Waals surface area contributed by atoms with Crippen LogP contribution in [0.1, 0.15) is 27.6 Å². The van der Waals surface area contributed by atoms with Gasteiger partial charge in [0.25, 0.3) is 21.8 Å². The van der Waals surface area contributed by atoms with Crippen molar-refractivity contribution in [1.82, 2.24) is 10.9 Å². The largest absolute Gasteiger partial charge is 0.493 e. The molecule has 2 amide bonds. The quantitative estimate of drug-likeness (QED) is 0.453. The van der Waals surface area contributed by atoms with E-state index in [2.05, 4.69) is 15.6 Å². The van der Waals surface area contributed by atoms with Crippen molar-refractivity contribution < 1.29 is 22.7 Å². The van der Waals surface area contributed by atoms with Crippen LogP contribution in [0.5, 0.6) is 5.75 Å². The van der Waals surface area contributed by atoms with Crippen molar-refractivity contribution in [2.24, 2.45) is 0 Å². The summed E-state index contributed by atoms with van der Waals surface area (Å²) in [5, 5.41) is 0.375. The number of hydrazine groups is 1. The maximum absolute atomic E-state index is 12.7. The van der Waals surface area contributed by atoms with Crippen molar-refractivity contribution in [1.29, 1.82) is 0 Å². The zero-order chi connectivity index (χ0) is 23.1. The van der Waals surface area contributed by atoms with Gasteiger partial charge in [-0.25, -0.2) is 8.42 Å². The van der Waals surface area contributed by atoms with Crippen LogP contribution >= 0.6 is 11.6 Å². The summed E-state index contributed by atoms with van der Waals surface area (Å²) in [5.41, 5.74) is 5.15. The standard InChI is InChI=1S/C22H20ClN3O5S/c1-2-31-20-12-4-3-11-19(20)22(28)25-24-21(27)15-7-5-10-18(13-15)32(29,30)26-17-9-6-8-16(23)14-17/h3-14,26H,2H2,1H3,(H,24,27)(H,25,28). The van der Waals surface area contributed by atoms with Gasteiger partial charge in [0.05, 0.1) is 22.8 Å².